The van der Waals surface area contributed by atoms with Crippen molar-refractivity contribution in [2.24, 2.45) is 0 Å². The lowest BCUT2D eigenvalue weighted by molar-refractivity contribution is -0.521. The van der Waals surface area contributed by atoms with Crippen LogP contribution in [0.1, 0.15) is 11.5 Å². The summed E-state index contributed by atoms with van der Waals surface area (Å²) in [5.41, 5.74) is 0.786. The van der Waals surface area contributed by atoms with Gasteiger partial charge in [0, 0.05) is 23.6 Å². The molecular weight excluding hydrogens is 238 g/mol. The van der Waals surface area contributed by atoms with Gasteiger partial charge in [0.2, 0.25) is 6.04 Å². The molecule has 1 heterocycles. The first kappa shape index (κ1) is 12.4. The van der Waals surface area contributed by atoms with E-state index in [2.05, 4.69) is 0 Å². The van der Waals surface area contributed by atoms with E-state index in [9.17, 15) is 20.2 Å². The lowest BCUT2D eigenvalue weighted by Crippen LogP contribution is -2.27. The number of hydrogen-bond donors (Lipinski definition) is 0. The number of likely N-dealkylation sites (tertiary alicyclic amines) is 1. The molecular formula is C11H13N3O4. The smallest absolute Gasteiger partial charge is 0.269 e. The zero-order chi connectivity index (χ0) is 13.3. The van der Waals surface area contributed by atoms with Crippen molar-refractivity contribution in [3.63, 3.8) is 0 Å². The largest absolute Gasteiger partial charge is 0.299 e. The van der Waals surface area contributed by atoms with Crippen molar-refractivity contribution < 1.29 is 9.85 Å². The molecule has 0 spiro atoms. The van der Waals surface area contributed by atoms with Crippen LogP contribution in [0.5, 0.6) is 0 Å². The lowest BCUT2D eigenvalue weighted by Gasteiger charge is -2.12. The molecule has 1 aliphatic rings. The van der Waals surface area contributed by atoms with Gasteiger partial charge in [0.25, 0.3) is 5.69 Å². The zero-order valence-corrected chi connectivity index (χ0v) is 9.85. The number of likely N-dealkylation sites (N-methyl/N-ethyl adjacent to an activating group) is 1. The summed E-state index contributed by atoms with van der Waals surface area (Å²) in [5.74, 6) is -0.203. The average molecular weight is 251 g/mol. The fourth-order valence-electron chi connectivity index (χ4n) is 2.36. The van der Waals surface area contributed by atoms with E-state index in [4.69, 9.17) is 0 Å². The van der Waals surface area contributed by atoms with E-state index < -0.39 is 11.0 Å². The third-order valence-electron chi connectivity index (χ3n) is 3.27. The van der Waals surface area contributed by atoms with Gasteiger partial charge in [-0.1, -0.05) is 12.1 Å². The third kappa shape index (κ3) is 2.30. The number of nitro groups is 2. The van der Waals surface area contributed by atoms with E-state index in [0.717, 1.165) is 5.56 Å². The van der Waals surface area contributed by atoms with Crippen LogP contribution >= 0.6 is 0 Å². The SMILES string of the molecule is CN1C[C@@H]([N+](=O)[O-])[C@H](c2ccc([N+](=O)[O-])cc2)C1. The van der Waals surface area contributed by atoms with Gasteiger partial charge < -0.3 is 0 Å². The molecule has 0 bridgehead atoms. The van der Waals surface area contributed by atoms with Crippen molar-refractivity contribution in [1.82, 2.24) is 4.90 Å². The molecule has 2 atom stereocenters. The Morgan fingerprint density at radius 1 is 1.17 bits per heavy atom. The van der Waals surface area contributed by atoms with Crippen LogP contribution in [0, 0.1) is 20.2 Å². The Morgan fingerprint density at radius 2 is 1.78 bits per heavy atom. The van der Waals surface area contributed by atoms with Gasteiger partial charge >= 0.3 is 0 Å². The molecule has 1 aliphatic heterocycles. The maximum atomic E-state index is 11.0. The first-order chi connectivity index (χ1) is 8.49. The molecule has 1 saturated heterocycles. The number of nitro benzene ring substituents is 1. The van der Waals surface area contributed by atoms with Crippen molar-refractivity contribution in [3.05, 3.63) is 50.1 Å². The lowest BCUT2D eigenvalue weighted by atomic mass is 9.94. The van der Waals surface area contributed by atoms with E-state index in [-0.39, 0.29) is 16.5 Å². The highest BCUT2D eigenvalue weighted by molar-refractivity contribution is 5.35. The minimum Gasteiger partial charge on any atom is -0.299 e. The molecule has 0 saturated carbocycles. The summed E-state index contributed by atoms with van der Waals surface area (Å²) in [4.78, 5) is 22.7. The van der Waals surface area contributed by atoms with Gasteiger partial charge in [-0.3, -0.25) is 25.1 Å². The second kappa shape index (κ2) is 4.69. The van der Waals surface area contributed by atoms with E-state index in [1.807, 2.05) is 11.9 Å². The molecule has 1 fully saturated rings. The van der Waals surface area contributed by atoms with Crippen LogP contribution in [-0.4, -0.2) is 40.9 Å². The zero-order valence-electron chi connectivity index (χ0n) is 9.85. The highest BCUT2D eigenvalue weighted by atomic mass is 16.6. The second-order valence-corrected chi connectivity index (χ2v) is 4.53. The van der Waals surface area contributed by atoms with Gasteiger partial charge in [0.05, 0.1) is 17.4 Å². The molecule has 0 unspecified atom stereocenters. The highest BCUT2D eigenvalue weighted by Gasteiger charge is 2.40. The van der Waals surface area contributed by atoms with Gasteiger partial charge in [0.15, 0.2) is 0 Å². The standard InChI is InChI=1S/C11H13N3O4/c1-12-6-10(11(7-12)14(17)18)8-2-4-9(5-3-8)13(15)16/h2-5,10-11H,6-7H2,1H3/t10-,11+/m0/s1. The Balaban J connectivity index is 2.24. The van der Waals surface area contributed by atoms with E-state index in [0.29, 0.717) is 13.1 Å². The Morgan fingerprint density at radius 3 is 2.28 bits per heavy atom. The van der Waals surface area contributed by atoms with Crippen LogP contribution < -0.4 is 0 Å². The predicted molar refractivity (Wildman–Crippen MR) is 64.1 cm³/mol. The first-order valence-electron chi connectivity index (χ1n) is 5.55. The van der Waals surface area contributed by atoms with E-state index in [1.165, 1.54) is 12.1 Å². The topological polar surface area (TPSA) is 89.5 Å². The van der Waals surface area contributed by atoms with Crippen LogP contribution in [0.4, 0.5) is 5.69 Å². The molecule has 2 rings (SSSR count). The van der Waals surface area contributed by atoms with Gasteiger partial charge in [0.1, 0.15) is 0 Å². The predicted octanol–water partition coefficient (Wildman–Crippen LogP) is 1.27. The number of benzene rings is 1. The number of hydrogen-bond acceptors (Lipinski definition) is 5. The van der Waals surface area contributed by atoms with Gasteiger partial charge in [-0.2, -0.15) is 0 Å². The average Bonchev–Trinajstić information content (AvgIpc) is 2.71. The van der Waals surface area contributed by atoms with Crippen molar-refractivity contribution in [2.45, 2.75) is 12.0 Å². The molecule has 0 aromatic heterocycles. The highest BCUT2D eigenvalue weighted by Crippen LogP contribution is 2.29. The summed E-state index contributed by atoms with van der Waals surface area (Å²) in [7, 11) is 1.84. The molecule has 0 amide bonds. The summed E-state index contributed by atoms with van der Waals surface area (Å²) in [6, 6.07) is 5.36. The Hall–Kier alpha value is -2.02. The molecule has 96 valence electrons. The maximum Gasteiger partial charge on any atom is 0.269 e. The van der Waals surface area contributed by atoms with Crippen LogP contribution in [0.25, 0.3) is 0 Å². The van der Waals surface area contributed by atoms with Gasteiger partial charge in [-0.05, 0) is 12.6 Å². The van der Waals surface area contributed by atoms with E-state index >= 15 is 0 Å². The minimum absolute atomic E-state index is 0.00255. The minimum atomic E-state index is -0.642. The number of non-ortho nitro benzene ring substituents is 1. The maximum absolute atomic E-state index is 11.0. The Kier molecular flexibility index (Phi) is 3.24. The molecule has 1 aromatic carbocycles. The van der Waals surface area contributed by atoms with Crippen LogP contribution in [0.2, 0.25) is 0 Å². The van der Waals surface area contributed by atoms with Crippen molar-refractivity contribution >= 4 is 5.69 Å². The van der Waals surface area contributed by atoms with Crippen molar-refractivity contribution in [3.8, 4) is 0 Å². The molecule has 7 heteroatoms. The quantitative estimate of drug-likeness (QED) is 0.596. The molecule has 7 nitrogen and oxygen atoms in total. The fourth-order valence-corrected chi connectivity index (χ4v) is 2.36. The summed E-state index contributed by atoms with van der Waals surface area (Å²) in [6.07, 6.45) is 0. The number of rotatable bonds is 3. The van der Waals surface area contributed by atoms with E-state index in [1.54, 1.807) is 12.1 Å². The van der Waals surface area contributed by atoms with Crippen molar-refractivity contribution in [2.75, 3.05) is 20.1 Å². The van der Waals surface area contributed by atoms with Crippen LogP contribution in [-0.2, 0) is 0 Å². The summed E-state index contributed by atoms with van der Waals surface area (Å²) < 4.78 is 0. The van der Waals surface area contributed by atoms with Gasteiger partial charge in [-0.25, -0.2) is 0 Å². The number of nitrogens with zero attached hydrogens (tertiary/aromatic N) is 3. The fraction of sp³-hybridized carbons (Fsp3) is 0.455. The Bertz CT molecular complexity index is 474. The molecule has 0 radical (unpaired) electrons. The molecule has 0 aliphatic carbocycles. The Labute approximate surface area is 103 Å². The monoisotopic (exact) mass is 251 g/mol. The summed E-state index contributed by atoms with van der Waals surface area (Å²) in [5, 5.41) is 21.5. The molecule has 18 heavy (non-hydrogen) atoms. The summed E-state index contributed by atoms with van der Waals surface area (Å²) in [6.45, 7) is 1.01. The normalized spacial score (nSPS) is 24.1. The van der Waals surface area contributed by atoms with Crippen LogP contribution in [0.3, 0.4) is 0 Å². The molecule has 0 N–H and O–H groups in total. The second-order valence-electron chi connectivity index (χ2n) is 4.53. The summed E-state index contributed by atoms with van der Waals surface area (Å²) >= 11 is 0. The molecule has 1 aromatic rings. The van der Waals surface area contributed by atoms with Crippen molar-refractivity contribution in [1.29, 1.82) is 0 Å². The third-order valence-corrected chi connectivity index (χ3v) is 3.27. The van der Waals surface area contributed by atoms with Crippen LogP contribution in [0.15, 0.2) is 24.3 Å². The van der Waals surface area contributed by atoms with Gasteiger partial charge in [-0.15, -0.1) is 0 Å². The first-order valence-corrected chi connectivity index (χ1v) is 5.55.